The second-order valence-electron chi connectivity index (χ2n) is 4.44. The SMILES string of the molecule is Cc1ccnc(NCC(C)(C)C)n1. The van der Waals surface area contributed by atoms with Crippen LogP contribution in [0.15, 0.2) is 12.3 Å². The quantitative estimate of drug-likeness (QED) is 0.756. The molecule has 0 aliphatic rings. The number of aryl methyl sites for hydroxylation is 1. The van der Waals surface area contributed by atoms with E-state index in [4.69, 9.17) is 0 Å². The summed E-state index contributed by atoms with van der Waals surface area (Å²) in [7, 11) is 0. The van der Waals surface area contributed by atoms with Gasteiger partial charge in [-0.1, -0.05) is 20.8 Å². The number of nitrogens with zero attached hydrogens (tertiary/aromatic N) is 2. The van der Waals surface area contributed by atoms with Gasteiger partial charge in [-0.25, -0.2) is 9.97 Å². The second kappa shape index (κ2) is 3.73. The third-order valence-electron chi connectivity index (χ3n) is 1.57. The molecule has 0 aromatic carbocycles. The van der Waals surface area contributed by atoms with Crippen molar-refractivity contribution in [3.05, 3.63) is 18.0 Å². The Morgan fingerprint density at radius 1 is 1.38 bits per heavy atom. The highest BCUT2D eigenvalue weighted by atomic mass is 15.1. The monoisotopic (exact) mass is 179 g/mol. The zero-order valence-corrected chi connectivity index (χ0v) is 8.76. The number of hydrogen-bond donors (Lipinski definition) is 1. The third-order valence-corrected chi connectivity index (χ3v) is 1.57. The van der Waals surface area contributed by atoms with Crippen molar-refractivity contribution in [3.63, 3.8) is 0 Å². The summed E-state index contributed by atoms with van der Waals surface area (Å²) in [6, 6.07) is 1.89. The summed E-state index contributed by atoms with van der Waals surface area (Å²) in [6.07, 6.45) is 1.77. The molecule has 0 amide bonds. The topological polar surface area (TPSA) is 37.8 Å². The zero-order valence-electron chi connectivity index (χ0n) is 8.76. The van der Waals surface area contributed by atoms with Gasteiger partial charge in [0.05, 0.1) is 0 Å². The van der Waals surface area contributed by atoms with E-state index in [-0.39, 0.29) is 5.41 Å². The van der Waals surface area contributed by atoms with Gasteiger partial charge in [-0.2, -0.15) is 0 Å². The minimum absolute atomic E-state index is 0.257. The lowest BCUT2D eigenvalue weighted by atomic mass is 9.97. The molecule has 1 heterocycles. The van der Waals surface area contributed by atoms with Crippen LogP contribution in [0.3, 0.4) is 0 Å². The minimum Gasteiger partial charge on any atom is -0.354 e. The largest absolute Gasteiger partial charge is 0.354 e. The lowest BCUT2D eigenvalue weighted by Gasteiger charge is -2.18. The molecule has 0 aliphatic carbocycles. The minimum atomic E-state index is 0.257. The molecule has 0 saturated carbocycles. The molecule has 0 spiro atoms. The highest BCUT2D eigenvalue weighted by molar-refractivity contribution is 5.24. The molecule has 0 unspecified atom stereocenters. The van der Waals surface area contributed by atoms with Crippen molar-refractivity contribution in [3.8, 4) is 0 Å². The highest BCUT2D eigenvalue weighted by Gasteiger charge is 2.09. The van der Waals surface area contributed by atoms with Crippen LogP contribution in [0.4, 0.5) is 5.95 Å². The van der Waals surface area contributed by atoms with Crippen molar-refractivity contribution in [2.24, 2.45) is 5.41 Å². The maximum Gasteiger partial charge on any atom is 0.222 e. The average molecular weight is 179 g/mol. The summed E-state index contributed by atoms with van der Waals surface area (Å²) in [6.45, 7) is 9.38. The van der Waals surface area contributed by atoms with Crippen LogP contribution in [0.5, 0.6) is 0 Å². The highest BCUT2D eigenvalue weighted by Crippen LogP contribution is 2.12. The van der Waals surface area contributed by atoms with Crippen LogP contribution in [0.1, 0.15) is 26.5 Å². The van der Waals surface area contributed by atoms with Crippen LogP contribution in [0.25, 0.3) is 0 Å². The molecule has 1 rings (SSSR count). The molecule has 1 N–H and O–H groups in total. The first-order chi connectivity index (χ1) is 5.97. The van der Waals surface area contributed by atoms with Crippen molar-refractivity contribution in [2.45, 2.75) is 27.7 Å². The molecule has 0 fully saturated rings. The lowest BCUT2D eigenvalue weighted by Crippen LogP contribution is -2.20. The molecule has 72 valence electrons. The van der Waals surface area contributed by atoms with Crippen LogP contribution in [0, 0.1) is 12.3 Å². The van der Waals surface area contributed by atoms with E-state index < -0.39 is 0 Å². The van der Waals surface area contributed by atoms with E-state index in [0.717, 1.165) is 18.2 Å². The number of aromatic nitrogens is 2. The Bertz CT molecular complexity index is 276. The van der Waals surface area contributed by atoms with Crippen molar-refractivity contribution >= 4 is 5.95 Å². The van der Waals surface area contributed by atoms with Gasteiger partial charge in [0.1, 0.15) is 0 Å². The molecular formula is C10H17N3. The van der Waals surface area contributed by atoms with Gasteiger partial charge in [0.25, 0.3) is 0 Å². The molecule has 0 aliphatic heterocycles. The fourth-order valence-corrected chi connectivity index (χ4v) is 0.878. The average Bonchev–Trinajstić information content (AvgIpc) is 2.00. The van der Waals surface area contributed by atoms with E-state index in [1.54, 1.807) is 6.20 Å². The fourth-order valence-electron chi connectivity index (χ4n) is 0.878. The Kier molecular flexibility index (Phi) is 2.86. The lowest BCUT2D eigenvalue weighted by molar-refractivity contribution is 0.441. The number of rotatable bonds is 2. The van der Waals surface area contributed by atoms with E-state index in [1.165, 1.54) is 0 Å². The van der Waals surface area contributed by atoms with Crippen molar-refractivity contribution in [1.82, 2.24) is 9.97 Å². The molecular weight excluding hydrogens is 162 g/mol. The molecule has 1 aromatic heterocycles. The maximum absolute atomic E-state index is 4.25. The Balaban J connectivity index is 2.55. The van der Waals surface area contributed by atoms with Crippen LogP contribution in [0.2, 0.25) is 0 Å². The van der Waals surface area contributed by atoms with Crippen molar-refractivity contribution in [2.75, 3.05) is 11.9 Å². The predicted octanol–water partition coefficient (Wildman–Crippen LogP) is 2.24. The maximum atomic E-state index is 4.25. The summed E-state index contributed by atoms with van der Waals surface area (Å²) in [5.74, 6) is 0.718. The van der Waals surface area contributed by atoms with Gasteiger partial charge in [-0.05, 0) is 18.4 Å². The van der Waals surface area contributed by atoms with Crippen LogP contribution < -0.4 is 5.32 Å². The normalized spacial score (nSPS) is 11.4. The molecule has 3 nitrogen and oxygen atoms in total. The van der Waals surface area contributed by atoms with Crippen molar-refractivity contribution in [1.29, 1.82) is 0 Å². The first-order valence-electron chi connectivity index (χ1n) is 4.51. The molecule has 3 heteroatoms. The van der Waals surface area contributed by atoms with E-state index in [1.807, 2.05) is 13.0 Å². The summed E-state index contributed by atoms with van der Waals surface area (Å²) < 4.78 is 0. The van der Waals surface area contributed by atoms with Gasteiger partial charge in [-0.3, -0.25) is 0 Å². The predicted molar refractivity (Wildman–Crippen MR) is 54.7 cm³/mol. The van der Waals surface area contributed by atoms with E-state index in [2.05, 4.69) is 36.1 Å². The molecule has 0 atom stereocenters. The Hall–Kier alpha value is -1.12. The first-order valence-corrected chi connectivity index (χ1v) is 4.51. The summed E-state index contributed by atoms with van der Waals surface area (Å²) in [5.41, 5.74) is 1.25. The zero-order chi connectivity index (χ0) is 9.90. The molecule has 13 heavy (non-hydrogen) atoms. The summed E-state index contributed by atoms with van der Waals surface area (Å²) in [5, 5.41) is 3.20. The van der Waals surface area contributed by atoms with Gasteiger partial charge in [0, 0.05) is 18.4 Å². The number of anilines is 1. The van der Waals surface area contributed by atoms with Gasteiger partial charge < -0.3 is 5.32 Å². The second-order valence-corrected chi connectivity index (χ2v) is 4.44. The summed E-state index contributed by atoms with van der Waals surface area (Å²) in [4.78, 5) is 8.37. The molecule has 0 saturated heterocycles. The van der Waals surface area contributed by atoms with E-state index >= 15 is 0 Å². The summed E-state index contributed by atoms with van der Waals surface area (Å²) >= 11 is 0. The van der Waals surface area contributed by atoms with Gasteiger partial charge >= 0.3 is 0 Å². The first kappa shape index (κ1) is 9.96. The Morgan fingerprint density at radius 2 is 2.08 bits per heavy atom. The standard InChI is InChI=1S/C10H17N3/c1-8-5-6-11-9(13-8)12-7-10(2,3)4/h5-6H,7H2,1-4H3,(H,11,12,13). The van der Waals surface area contributed by atoms with Gasteiger partial charge in [0.15, 0.2) is 0 Å². The van der Waals surface area contributed by atoms with E-state index in [0.29, 0.717) is 0 Å². The Morgan fingerprint density at radius 3 is 2.62 bits per heavy atom. The smallest absolute Gasteiger partial charge is 0.222 e. The molecule has 0 bridgehead atoms. The van der Waals surface area contributed by atoms with Gasteiger partial charge in [-0.15, -0.1) is 0 Å². The van der Waals surface area contributed by atoms with Crippen molar-refractivity contribution < 1.29 is 0 Å². The van der Waals surface area contributed by atoms with Crippen LogP contribution in [-0.2, 0) is 0 Å². The van der Waals surface area contributed by atoms with E-state index in [9.17, 15) is 0 Å². The molecule has 0 radical (unpaired) electrons. The Labute approximate surface area is 79.6 Å². The number of nitrogens with one attached hydrogen (secondary N) is 1. The van der Waals surface area contributed by atoms with Crippen LogP contribution in [-0.4, -0.2) is 16.5 Å². The third kappa shape index (κ3) is 3.87. The molecule has 1 aromatic rings. The van der Waals surface area contributed by atoms with Gasteiger partial charge in [0.2, 0.25) is 5.95 Å². The number of hydrogen-bond acceptors (Lipinski definition) is 3. The van der Waals surface area contributed by atoms with Crippen LogP contribution >= 0.6 is 0 Å². The fraction of sp³-hybridized carbons (Fsp3) is 0.600.